The summed E-state index contributed by atoms with van der Waals surface area (Å²) in [7, 11) is 0. The summed E-state index contributed by atoms with van der Waals surface area (Å²) in [5, 5.41) is 14.6. The molecule has 2 N–H and O–H groups in total. The first-order chi connectivity index (χ1) is 14.5. The molecule has 1 fully saturated rings. The van der Waals surface area contributed by atoms with Crippen LogP contribution in [0.25, 0.3) is 0 Å². The van der Waals surface area contributed by atoms with E-state index in [2.05, 4.69) is 17.4 Å². The molecule has 0 aromatic heterocycles. The Balaban J connectivity index is 1.48. The van der Waals surface area contributed by atoms with Crippen LogP contribution in [0.2, 0.25) is 5.02 Å². The molecule has 1 aliphatic carbocycles. The van der Waals surface area contributed by atoms with Crippen molar-refractivity contribution >= 4 is 17.6 Å². The lowest BCUT2D eigenvalue weighted by atomic mass is 9.81. The largest absolute Gasteiger partial charge is 0.482 e. The molecule has 0 radical (unpaired) electrons. The minimum Gasteiger partial charge on any atom is -0.482 e. The molecular weight excluding hydrogens is 402 g/mol. The van der Waals surface area contributed by atoms with Crippen LogP contribution in [0.1, 0.15) is 55.8 Å². The number of esters is 1. The zero-order valence-corrected chi connectivity index (χ0v) is 18.1. The predicted molar refractivity (Wildman–Crippen MR) is 118 cm³/mol. The zero-order chi connectivity index (χ0) is 21.3. The third-order valence-electron chi connectivity index (χ3n) is 5.52. The summed E-state index contributed by atoms with van der Waals surface area (Å²) < 4.78 is 10.3. The number of aliphatic hydroxyl groups is 1. The number of hydrogen-bond donors (Lipinski definition) is 2. The molecule has 1 saturated carbocycles. The predicted octanol–water partition coefficient (Wildman–Crippen LogP) is 4.63. The second-order valence-corrected chi connectivity index (χ2v) is 8.14. The number of hydrogen-bond acceptors (Lipinski definition) is 5. The van der Waals surface area contributed by atoms with Gasteiger partial charge in [-0.25, -0.2) is 4.79 Å². The van der Waals surface area contributed by atoms with Gasteiger partial charge in [-0.3, -0.25) is 0 Å². The number of benzene rings is 2. The van der Waals surface area contributed by atoms with E-state index in [0.29, 0.717) is 35.9 Å². The van der Waals surface area contributed by atoms with Crippen molar-refractivity contribution < 1.29 is 19.4 Å². The van der Waals surface area contributed by atoms with E-state index < -0.39 is 6.10 Å². The number of carbonyl (C=O) groups is 1. The first-order valence-electron chi connectivity index (χ1n) is 10.6. The third kappa shape index (κ3) is 6.73. The summed E-state index contributed by atoms with van der Waals surface area (Å²) in [6.45, 7) is 2.57. The number of carbonyl (C=O) groups excluding carboxylic acids is 1. The molecule has 2 aromatic carbocycles. The van der Waals surface area contributed by atoms with Gasteiger partial charge in [-0.15, -0.1) is 0 Å². The summed E-state index contributed by atoms with van der Waals surface area (Å²) in [4.78, 5) is 11.4. The van der Waals surface area contributed by atoms with Crippen LogP contribution in [0.4, 0.5) is 0 Å². The van der Waals surface area contributed by atoms with Crippen LogP contribution in [-0.4, -0.2) is 36.9 Å². The van der Waals surface area contributed by atoms with Crippen LogP contribution in [0, 0.1) is 0 Å². The van der Waals surface area contributed by atoms with Crippen molar-refractivity contribution in [3.8, 4) is 5.75 Å². The number of aliphatic hydroxyl groups excluding tert-OH is 1. The average Bonchev–Trinajstić information content (AvgIpc) is 2.77. The van der Waals surface area contributed by atoms with Gasteiger partial charge in [-0.1, -0.05) is 42.3 Å². The van der Waals surface area contributed by atoms with E-state index in [1.54, 1.807) is 6.92 Å². The molecule has 2 aromatic rings. The van der Waals surface area contributed by atoms with E-state index in [1.807, 2.05) is 36.4 Å². The van der Waals surface area contributed by atoms with Gasteiger partial charge in [0, 0.05) is 17.6 Å². The lowest BCUT2D eigenvalue weighted by Crippen LogP contribution is -2.36. The molecule has 6 heteroatoms. The minimum atomic E-state index is -0.570. The molecule has 0 unspecified atom stereocenters. The van der Waals surface area contributed by atoms with Crippen molar-refractivity contribution in [3.05, 3.63) is 64.7 Å². The summed E-state index contributed by atoms with van der Waals surface area (Å²) in [5.41, 5.74) is 2.11. The van der Waals surface area contributed by atoms with E-state index in [9.17, 15) is 9.90 Å². The quantitative estimate of drug-likeness (QED) is 0.566. The maximum Gasteiger partial charge on any atom is 0.344 e. The molecule has 5 nitrogen and oxygen atoms in total. The topological polar surface area (TPSA) is 67.8 Å². The number of rotatable bonds is 9. The molecule has 0 aliphatic heterocycles. The Kier molecular flexibility index (Phi) is 8.55. The van der Waals surface area contributed by atoms with Crippen molar-refractivity contribution in [2.24, 2.45) is 0 Å². The molecule has 1 aliphatic rings. The molecule has 0 spiro atoms. The Bertz CT molecular complexity index is 811. The SMILES string of the molecule is CCOC(=O)COc1ccc([C@@H]2CCC[C@@H](NC[C@H](O)c3cccc(Cl)c3)C2)cc1. The molecule has 3 atom stereocenters. The highest BCUT2D eigenvalue weighted by Crippen LogP contribution is 2.34. The fourth-order valence-corrected chi connectivity index (χ4v) is 4.17. The van der Waals surface area contributed by atoms with Gasteiger partial charge in [0.2, 0.25) is 0 Å². The van der Waals surface area contributed by atoms with Gasteiger partial charge in [0.1, 0.15) is 5.75 Å². The fourth-order valence-electron chi connectivity index (χ4n) is 3.97. The number of nitrogens with one attached hydrogen (secondary N) is 1. The molecule has 0 bridgehead atoms. The number of ether oxygens (including phenoxy) is 2. The van der Waals surface area contributed by atoms with Gasteiger partial charge >= 0.3 is 5.97 Å². The zero-order valence-electron chi connectivity index (χ0n) is 17.4. The highest BCUT2D eigenvalue weighted by Gasteiger charge is 2.23. The van der Waals surface area contributed by atoms with Gasteiger partial charge in [0.15, 0.2) is 6.61 Å². The van der Waals surface area contributed by atoms with Crippen LogP contribution in [0.15, 0.2) is 48.5 Å². The van der Waals surface area contributed by atoms with Gasteiger partial charge in [0.05, 0.1) is 12.7 Å². The van der Waals surface area contributed by atoms with Crippen molar-refractivity contribution in [1.82, 2.24) is 5.32 Å². The van der Waals surface area contributed by atoms with Crippen LogP contribution >= 0.6 is 11.6 Å². The summed E-state index contributed by atoms with van der Waals surface area (Å²) in [6, 6.07) is 15.7. The van der Waals surface area contributed by atoms with Crippen molar-refractivity contribution in [2.45, 2.75) is 50.7 Å². The fraction of sp³-hybridized carbons (Fsp3) is 0.458. The van der Waals surface area contributed by atoms with Gasteiger partial charge in [-0.2, -0.15) is 0 Å². The first-order valence-corrected chi connectivity index (χ1v) is 11.0. The van der Waals surface area contributed by atoms with E-state index in [0.717, 1.165) is 31.2 Å². The molecule has 30 heavy (non-hydrogen) atoms. The lowest BCUT2D eigenvalue weighted by Gasteiger charge is -2.31. The molecule has 162 valence electrons. The first kappa shape index (κ1) is 22.6. The monoisotopic (exact) mass is 431 g/mol. The molecule has 3 rings (SSSR count). The van der Waals surface area contributed by atoms with Crippen molar-refractivity contribution in [1.29, 1.82) is 0 Å². The van der Waals surface area contributed by atoms with Gasteiger partial charge in [0.25, 0.3) is 0 Å². The van der Waals surface area contributed by atoms with Gasteiger partial charge < -0.3 is 19.9 Å². The van der Waals surface area contributed by atoms with Crippen LogP contribution in [-0.2, 0) is 9.53 Å². The Labute approximate surface area is 183 Å². The van der Waals surface area contributed by atoms with E-state index in [4.69, 9.17) is 21.1 Å². The van der Waals surface area contributed by atoms with Crippen molar-refractivity contribution in [3.63, 3.8) is 0 Å². The van der Waals surface area contributed by atoms with Crippen molar-refractivity contribution in [2.75, 3.05) is 19.8 Å². The van der Waals surface area contributed by atoms with Crippen LogP contribution < -0.4 is 10.1 Å². The third-order valence-corrected chi connectivity index (χ3v) is 5.76. The normalized spacial score (nSPS) is 19.8. The maximum atomic E-state index is 11.4. The summed E-state index contributed by atoms with van der Waals surface area (Å²) >= 11 is 6.02. The summed E-state index contributed by atoms with van der Waals surface area (Å²) in [6.07, 6.45) is 3.87. The second-order valence-electron chi connectivity index (χ2n) is 7.70. The van der Waals surface area contributed by atoms with E-state index >= 15 is 0 Å². The standard InChI is InChI=1S/C24H30ClNO4/c1-2-29-24(28)16-30-22-11-9-17(10-12-22)18-5-4-8-21(14-18)26-15-23(27)19-6-3-7-20(25)13-19/h3,6-7,9-13,18,21,23,26-27H,2,4-5,8,14-16H2,1H3/t18-,21-,23+/m1/s1. The Morgan fingerprint density at radius 3 is 2.77 bits per heavy atom. The van der Waals surface area contributed by atoms with E-state index in [1.165, 1.54) is 5.56 Å². The van der Waals surface area contributed by atoms with E-state index in [-0.39, 0.29) is 12.6 Å². The Morgan fingerprint density at radius 1 is 1.23 bits per heavy atom. The minimum absolute atomic E-state index is 0.0719. The highest BCUT2D eigenvalue weighted by molar-refractivity contribution is 6.30. The Morgan fingerprint density at radius 2 is 2.03 bits per heavy atom. The second kappa shape index (κ2) is 11.3. The molecule has 0 heterocycles. The summed E-state index contributed by atoms with van der Waals surface area (Å²) in [5.74, 6) is 0.781. The Hall–Kier alpha value is -2.08. The average molecular weight is 432 g/mol. The smallest absolute Gasteiger partial charge is 0.344 e. The number of halogens is 1. The highest BCUT2D eigenvalue weighted by atomic mass is 35.5. The molecule has 0 saturated heterocycles. The van der Waals surface area contributed by atoms with Gasteiger partial charge in [-0.05, 0) is 67.5 Å². The molecule has 0 amide bonds. The van der Waals surface area contributed by atoms with Crippen LogP contribution in [0.5, 0.6) is 5.75 Å². The van der Waals surface area contributed by atoms with Crippen LogP contribution in [0.3, 0.4) is 0 Å². The lowest BCUT2D eigenvalue weighted by molar-refractivity contribution is -0.145. The molecular formula is C24H30ClNO4. The maximum absolute atomic E-state index is 11.4.